The Labute approximate surface area is 160 Å². The van der Waals surface area contributed by atoms with Gasteiger partial charge >= 0.3 is 0 Å². The highest BCUT2D eigenvalue weighted by molar-refractivity contribution is 5.94. The quantitative estimate of drug-likeness (QED) is 0.752. The molecule has 2 atom stereocenters. The van der Waals surface area contributed by atoms with E-state index in [4.69, 9.17) is 14.2 Å². The van der Waals surface area contributed by atoms with Crippen molar-refractivity contribution >= 4 is 11.6 Å². The molecule has 0 unspecified atom stereocenters. The van der Waals surface area contributed by atoms with Crippen LogP contribution in [-0.2, 0) is 9.53 Å². The second-order valence-corrected chi connectivity index (χ2v) is 6.79. The third kappa shape index (κ3) is 5.73. The first kappa shape index (κ1) is 19.2. The molecule has 144 valence electrons. The molecule has 0 spiro atoms. The maximum atomic E-state index is 12.5. The van der Waals surface area contributed by atoms with E-state index < -0.39 is 6.10 Å². The summed E-state index contributed by atoms with van der Waals surface area (Å²) in [7, 11) is 0. The Morgan fingerprint density at radius 3 is 2.48 bits per heavy atom. The number of aryl methyl sites for hydroxylation is 1. The van der Waals surface area contributed by atoms with E-state index >= 15 is 0 Å². The van der Waals surface area contributed by atoms with E-state index in [9.17, 15) is 4.79 Å². The average molecular weight is 369 g/mol. The molecule has 1 saturated heterocycles. The molecule has 0 bridgehead atoms. The van der Waals surface area contributed by atoms with Crippen LogP contribution in [0.15, 0.2) is 48.5 Å². The van der Waals surface area contributed by atoms with Crippen molar-refractivity contribution in [3.8, 4) is 11.5 Å². The Morgan fingerprint density at radius 2 is 1.85 bits per heavy atom. The number of carbonyl (C=O) groups is 1. The average Bonchev–Trinajstić information content (AvgIpc) is 3.20. The van der Waals surface area contributed by atoms with Crippen molar-refractivity contribution in [2.24, 2.45) is 0 Å². The molecule has 27 heavy (non-hydrogen) atoms. The van der Waals surface area contributed by atoms with Gasteiger partial charge in [-0.2, -0.15) is 0 Å². The molecule has 2 aromatic rings. The van der Waals surface area contributed by atoms with E-state index in [1.54, 1.807) is 0 Å². The molecule has 2 aromatic carbocycles. The fourth-order valence-corrected chi connectivity index (χ4v) is 2.93. The highest BCUT2D eigenvalue weighted by atomic mass is 16.5. The van der Waals surface area contributed by atoms with Crippen LogP contribution in [0.25, 0.3) is 0 Å². The molecule has 1 aliphatic rings. The van der Waals surface area contributed by atoms with Gasteiger partial charge in [0.05, 0.1) is 6.10 Å². The van der Waals surface area contributed by atoms with Crippen LogP contribution in [0.2, 0.25) is 0 Å². The third-order valence-electron chi connectivity index (χ3n) is 4.54. The fourth-order valence-electron chi connectivity index (χ4n) is 2.93. The molecule has 1 heterocycles. The molecular weight excluding hydrogens is 342 g/mol. The highest BCUT2D eigenvalue weighted by Gasteiger charge is 2.19. The minimum atomic E-state index is -0.539. The van der Waals surface area contributed by atoms with Crippen molar-refractivity contribution in [1.29, 1.82) is 0 Å². The first-order valence-electron chi connectivity index (χ1n) is 9.52. The number of carbonyl (C=O) groups excluding carboxylic acids is 1. The van der Waals surface area contributed by atoms with Crippen LogP contribution >= 0.6 is 0 Å². The lowest BCUT2D eigenvalue weighted by molar-refractivity contribution is -0.122. The van der Waals surface area contributed by atoms with E-state index in [1.165, 1.54) is 0 Å². The minimum Gasteiger partial charge on any atom is -0.491 e. The fraction of sp³-hybridized carbons (Fsp3) is 0.409. The van der Waals surface area contributed by atoms with Crippen LogP contribution in [0.4, 0.5) is 5.69 Å². The van der Waals surface area contributed by atoms with Crippen molar-refractivity contribution in [1.82, 2.24) is 0 Å². The first-order valence-corrected chi connectivity index (χ1v) is 9.52. The van der Waals surface area contributed by atoms with Gasteiger partial charge in [0.1, 0.15) is 18.1 Å². The molecule has 0 saturated carbocycles. The van der Waals surface area contributed by atoms with E-state index in [-0.39, 0.29) is 12.0 Å². The summed E-state index contributed by atoms with van der Waals surface area (Å²) in [5.74, 6) is 1.30. The van der Waals surface area contributed by atoms with Gasteiger partial charge < -0.3 is 19.5 Å². The van der Waals surface area contributed by atoms with Gasteiger partial charge in [0.2, 0.25) is 0 Å². The molecule has 0 aromatic heterocycles. The Hall–Kier alpha value is -2.53. The number of nitrogens with one attached hydrogen (secondary N) is 1. The Kier molecular flexibility index (Phi) is 6.71. The van der Waals surface area contributed by atoms with E-state index in [0.29, 0.717) is 18.8 Å². The summed E-state index contributed by atoms with van der Waals surface area (Å²) in [5.41, 5.74) is 1.87. The summed E-state index contributed by atoms with van der Waals surface area (Å²) in [6, 6.07) is 15.1. The Bertz CT molecular complexity index is 721. The summed E-state index contributed by atoms with van der Waals surface area (Å²) in [6.07, 6.45) is 2.38. The van der Waals surface area contributed by atoms with Crippen LogP contribution in [-0.4, -0.2) is 31.3 Å². The minimum absolute atomic E-state index is 0.161. The largest absolute Gasteiger partial charge is 0.491 e. The summed E-state index contributed by atoms with van der Waals surface area (Å²) in [6.45, 7) is 5.33. The van der Waals surface area contributed by atoms with Gasteiger partial charge in [0.25, 0.3) is 5.91 Å². The number of anilines is 1. The van der Waals surface area contributed by atoms with Gasteiger partial charge in [0.15, 0.2) is 6.10 Å². The predicted molar refractivity (Wildman–Crippen MR) is 105 cm³/mol. The molecule has 5 heteroatoms. The smallest absolute Gasteiger partial charge is 0.265 e. The number of rotatable bonds is 8. The molecule has 0 radical (unpaired) electrons. The zero-order chi connectivity index (χ0) is 19.1. The van der Waals surface area contributed by atoms with Crippen molar-refractivity contribution in [3.05, 3.63) is 54.1 Å². The topological polar surface area (TPSA) is 56.8 Å². The number of hydrogen-bond donors (Lipinski definition) is 1. The molecule has 3 rings (SSSR count). The number of benzene rings is 2. The lowest BCUT2D eigenvalue weighted by Crippen LogP contribution is -2.32. The van der Waals surface area contributed by atoms with Crippen molar-refractivity contribution in [2.45, 2.75) is 45.3 Å². The molecule has 1 N–H and O–H groups in total. The lowest BCUT2D eigenvalue weighted by atomic mass is 10.2. The predicted octanol–water partition coefficient (Wildman–Crippen LogP) is 4.35. The third-order valence-corrected chi connectivity index (χ3v) is 4.54. The molecule has 5 nitrogen and oxygen atoms in total. The maximum absolute atomic E-state index is 12.5. The van der Waals surface area contributed by atoms with Gasteiger partial charge in [-0.25, -0.2) is 0 Å². The maximum Gasteiger partial charge on any atom is 0.265 e. The Morgan fingerprint density at radius 1 is 1.15 bits per heavy atom. The normalized spacial score (nSPS) is 17.3. The summed E-state index contributed by atoms with van der Waals surface area (Å²) >= 11 is 0. The summed E-state index contributed by atoms with van der Waals surface area (Å²) < 4.78 is 17.1. The first-order chi connectivity index (χ1) is 13.1. The number of hydrogen-bond acceptors (Lipinski definition) is 4. The standard InChI is InChI=1S/C22H27NO4/c1-3-21(27-19-10-6-16(2)7-11-19)22(24)23-17-8-12-18(13-9-17)26-15-20-5-4-14-25-20/h6-13,20-21H,3-5,14-15H2,1-2H3,(H,23,24)/t20-,21+/m0/s1. The SMILES string of the molecule is CC[C@@H](Oc1ccc(C)cc1)C(=O)Nc1ccc(OC[C@@H]2CCCO2)cc1. The van der Waals surface area contributed by atoms with Crippen molar-refractivity contribution in [3.63, 3.8) is 0 Å². The lowest BCUT2D eigenvalue weighted by Gasteiger charge is -2.17. The number of ether oxygens (including phenoxy) is 3. The van der Waals surface area contributed by atoms with Gasteiger partial charge in [-0.1, -0.05) is 24.6 Å². The van der Waals surface area contributed by atoms with Crippen LogP contribution < -0.4 is 14.8 Å². The molecule has 1 amide bonds. The van der Waals surface area contributed by atoms with Gasteiger partial charge in [-0.3, -0.25) is 4.79 Å². The van der Waals surface area contributed by atoms with Crippen molar-refractivity contribution in [2.75, 3.05) is 18.5 Å². The Balaban J connectivity index is 1.51. The molecule has 1 aliphatic heterocycles. The van der Waals surface area contributed by atoms with E-state index in [0.717, 1.165) is 36.4 Å². The van der Waals surface area contributed by atoms with Crippen LogP contribution in [0.3, 0.4) is 0 Å². The second-order valence-electron chi connectivity index (χ2n) is 6.79. The highest BCUT2D eigenvalue weighted by Crippen LogP contribution is 2.20. The van der Waals surface area contributed by atoms with Crippen LogP contribution in [0.5, 0.6) is 11.5 Å². The van der Waals surface area contributed by atoms with Crippen LogP contribution in [0.1, 0.15) is 31.7 Å². The zero-order valence-electron chi connectivity index (χ0n) is 15.9. The molecule has 0 aliphatic carbocycles. The second kappa shape index (κ2) is 9.42. The van der Waals surface area contributed by atoms with E-state index in [1.807, 2.05) is 62.4 Å². The summed E-state index contributed by atoms with van der Waals surface area (Å²) in [4.78, 5) is 12.5. The molecular formula is C22H27NO4. The zero-order valence-corrected chi connectivity index (χ0v) is 15.9. The van der Waals surface area contributed by atoms with Crippen molar-refractivity contribution < 1.29 is 19.0 Å². The number of amides is 1. The van der Waals surface area contributed by atoms with Gasteiger partial charge in [-0.15, -0.1) is 0 Å². The van der Waals surface area contributed by atoms with Gasteiger partial charge in [0, 0.05) is 12.3 Å². The molecule has 1 fully saturated rings. The van der Waals surface area contributed by atoms with Crippen LogP contribution in [0, 0.1) is 6.92 Å². The van der Waals surface area contributed by atoms with E-state index in [2.05, 4.69) is 5.32 Å². The monoisotopic (exact) mass is 369 g/mol. The summed E-state index contributed by atoms with van der Waals surface area (Å²) in [5, 5.41) is 2.90. The van der Waals surface area contributed by atoms with Gasteiger partial charge in [-0.05, 0) is 62.6 Å².